The fourth-order valence-electron chi connectivity index (χ4n) is 3.88. The quantitative estimate of drug-likeness (QED) is 0.623. The van der Waals surface area contributed by atoms with Crippen LogP contribution in [-0.4, -0.2) is 36.9 Å². The Kier molecular flexibility index (Phi) is 5.84. The lowest BCUT2D eigenvalue weighted by molar-refractivity contribution is 0.0934. The predicted molar refractivity (Wildman–Crippen MR) is 118 cm³/mol. The number of fused-ring (bicyclic) bond motifs is 1. The standard InChI is InChI=1S/C24H27N3O4/c1-14-22(19-9-8-18(29-3)13-21(19)30-4)26-27-23(14)24(28)25-15(2)16-7-10-20-17(12-16)6-5-11-31-20/h7-10,12-13,15H,5-6,11H2,1-4H3,(H,25,28)(H,26,27). The highest BCUT2D eigenvalue weighted by Gasteiger charge is 2.22. The molecular weight excluding hydrogens is 394 g/mol. The van der Waals surface area contributed by atoms with Crippen LogP contribution < -0.4 is 19.5 Å². The molecule has 2 N–H and O–H groups in total. The van der Waals surface area contributed by atoms with Gasteiger partial charge in [-0.2, -0.15) is 5.10 Å². The van der Waals surface area contributed by atoms with E-state index in [9.17, 15) is 4.79 Å². The van der Waals surface area contributed by atoms with Crippen molar-refractivity contribution in [2.24, 2.45) is 0 Å². The van der Waals surface area contributed by atoms with Gasteiger partial charge in [-0.15, -0.1) is 0 Å². The normalized spacial score (nSPS) is 13.7. The molecule has 7 nitrogen and oxygen atoms in total. The van der Waals surface area contributed by atoms with Crippen LogP contribution in [0.15, 0.2) is 36.4 Å². The molecule has 1 aromatic heterocycles. The average molecular weight is 421 g/mol. The van der Waals surface area contributed by atoms with E-state index in [-0.39, 0.29) is 11.9 Å². The summed E-state index contributed by atoms with van der Waals surface area (Å²) in [5.74, 6) is 2.06. The van der Waals surface area contributed by atoms with Gasteiger partial charge in [0.15, 0.2) is 0 Å². The molecule has 31 heavy (non-hydrogen) atoms. The summed E-state index contributed by atoms with van der Waals surface area (Å²) in [6.07, 6.45) is 2.01. The number of hydrogen-bond acceptors (Lipinski definition) is 5. The molecule has 2 aromatic carbocycles. The third-order valence-electron chi connectivity index (χ3n) is 5.68. The van der Waals surface area contributed by atoms with Crippen LogP contribution in [0, 0.1) is 6.92 Å². The lowest BCUT2D eigenvalue weighted by Crippen LogP contribution is -2.27. The van der Waals surface area contributed by atoms with E-state index in [4.69, 9.17) is 14.2 Å². The number of amides is 1. The summed E-state index contributed by atoms with van der Waals surface area (Å²) >= 11 is 0. The molecule has 0 fully saturated rings. The first-order valence-electron chi connectivity index (χ1n) is 10.4. The fraction of sp³-hybridized carbons (Fsp3) is 0.333. The van der Waals surface area contributed by atoms with Crippen molar-refractivity contribution in [1.29, 1.82) is 0 Å². The highest BCUT2D eigenvalue weighted by Crippen LogP contribution is 2.35. The number of hydrogen-bond donors (Lipinski definition) is 2. The third kappa shape index (κ3) is 4.08. The number of methoxy groups -OCH3 is 2. The summed E-state index contributed by atoms with van der Waals surface area (Å²) in [7, 11) is 3.20. The van der Waals surface area contributed by atoms with Gasteiger partial charge in [0.25, 0.3) is 5.91 Å². The second kappa shape index (κ2) is 8.71. The smallest absolute Gasteiger partial charge is 0.270 e. The van der Waals surface area contributed by atoms with Crippen molar-refractivity contribution in [3.05, 3.63) is 58.8 Å². The maximum Gasteiger partial charge on any atom is 0.270 e. The zero-order valence-electron chi connectivity index (χ0n) is 18.2. The van der Waals surface area contributed by atoms with Gasteiger partial charge in [-0.05, 0) is 56.0 Å². The van der Waals surface area contributed by atoms with Crippen molar-refractivity contribution >= 4 is 5.91 Å². The maximum atomic E-state index is 13.0. The SMILES string of the molecule is COc1ccc(-c2n[nH]c(C(=O)NC(C)c3ccc4c(c3)CCCO4)c2C)c(OC)c1. The van der Waals surface area contributed by atoms with E-state index in [1.54, 1.807) is 20.3 Å². The summed E-state index contributed by atoms with van der Waals surface area (Å²) in [5, 5.41) is 10.3. The Labute approximate surface area is 181 Å². The van der Waals surface area contributed by atoms with E-state index in [2.05, 4.69) is 21.6 Å². The van der Waals surface area contributed by atoms with E-state index >= 15 is 0 Å². The Morgan fingerprint density at radius 2 is 2.03 bits per heavy atom. The Balaban J connectivity index is 1.54. The van der Waals surface area contributed by atoms with Crippen molar-refractivity contribution in [2.75, 3.05) is 20.8 Å². The molecule has 2 heterocycles. The summed E-state index contributed by atoms with van der Waals surface area (Å²) in [5.41, 5.74) is 4.89. The first-order valence-corrected chi connectivity index (χ1v) is 10.4. The van der Waals surface area contributed by atoms with Crippen molar-refractivity contribution in [3.8, 4) is 28.5 Å². The minimum atomic E-state index is -0.204. The van der Waals surface area contributed by atoms with Crippen LogP contribution in [0.2, 0.25) is 0 Å². The van der Waals surface area contributed by atoms with Gasteiger partial charge in [-0.1, -0.05) is 12.1 Å². The van der Waals surface area contributed by atoms with Gasteiger partial charge < -0.3 is 19.5 Å². The molecule has 1 aliphatic rings. The van der Waals surface area contributed by atoms with Crippen LogP contribution in [0.1, 0.15) is 46.6 Å². The number of aromatic amines is 1. The maximum absolute atomic E-state index is 13.0. The largest absolute Gasteiger partial charge is 0.497 e. The van der Waals surface area contributed by atoms with E-state index < -0.39 is 0 Å². The summed E-state index contributed by atoms with van der Waals surface area (Å²) in [6.45, 7) is 4.61. The predicted octanol–water partition coefficient (Wildman–Crippen LogP) is 4.22. The van der Waals surface area contributed by atoms with Crippen molar-refractivity contribution < 1.29 is 19.0 Å². The zero-order chi connectivity index (χ0) is 22.0. The van der Waals surface area contributed by atoms with Crippen molar-refractivity contribution in [2.45, 2.75) is 32.7 Å². The second-order valence-electron chi connectivity index (χ2n) is 7.65. The van der Waals surface area contributed by atoms with Crippen LogP contribution in [-0.2, 0) is 6.42 Å². The van der Waals surface area contributed by atoms with Crippen LogP contribution in [0.4, 0.5) is 0 Å². The zero-order valence-corrected chi connectivity index (χ0v) is 18.2. The number of ether oxygens (including phenoxy) is 3. The molecule has 0 bridgehead atoms. The molecule has 1 unspecified atom stereocenters. The summed E-state index contributed by atoms with van der Waals surface area (Å²) < 4.78 is 16.4. The molecule has 1 atom stereocenters. The van der Waals surface area contributed by atoms with Gasteiger partial charge in [0.1, 0.15) is 22.9 Å². The molecule has 7 heteroatoms. The monoisotopic (exact) mass is 421 g/mol. The topological polar surface area (TPSA) is 85.5 Å². The van der Waals surface area contributed by atoms with Gasteiger partial charge in [-0.3, -0.25) is 9.89 Å². The van der Waals surface area contributed by atoms with Crippen LogP contribution in [0.5, 0.6) is 17.2 Å². The number of nitrogens with one attached hydrogen (secondary N) is 2. The lowest BCUT2D eigenvalue weighted by atomic mass is 10.00. The number of nitrogens with zero attached hydrogens (tertiary/aromatic N) is 1. The Morgan fingerprint density at radius 3 is 2.81 bits per heavy atom. The molecule has 162 valence electrons. The van der Waals surface area contributed by atoms with Crippen molar-refractivity contribution in [1.82, 2.24) is 15.5 Å². The van der Waals surface area contributed by atoms with Gasteiger partial charge in [0.2, 0.25) is 0 Å². The van der Waals surface area contributed by atoms with E-state index in [0.717, 1.165) is 41.9 Å². The molecule has 1 amide bonds. The first kappa shape index (κ1) is 20.8. The van der Waals surface area contributed by atoms with Gasteiger partial charge >= 0.3 is 0 Å². The van der Waals surface area contributed by atoms with Gasteiger partial charge in [0.05, 0.1) is 32.6 Å². The molecule has 4 rings (SSSR count). The first-order chi connectivity index (χ1) is 15.0. The molecule has 0 aliphatic carbocycles. The molecule has 3 aromatic rings. The van der Waals surface area contributed by atoms with Crippen LogP contribution in [0.3, 0.4) is 0 Å². The van der Waals surface area contributed by atoms with Gasteiger partial charge in [-0.25, -0.2) is 0 Å². The van der Waals surface area contributed by atoms with E-state index in [1.807, 2.05) is 38.1 Å². The number of carbonyl (C=O) groups is 1. The Hall–Kier alpha value is -3.48. The fourth-order valence-corrected chi connectivity index (χ4v) is 3.88. The number of rotatable bonds is 6. The highest BCUT2D eigenvalue weighted by molar-refractivity contribution is 5.95. The Bertz CT molecular complexity index is 1110. The molecular formula is C24H27N3O4. The second-order valence-corrected chi connectivity index (χ2v) is 7.65. The molecule has 1 aliphatic heterocycles. The lowest BCUT2D eigenvalue weighted by Gasteiger charge is -2.20. The molecule has 0 radical (unpaired) electrons. The minimum Gasteiger partial charge on any atom is -0.497 e. The van der Waals surface area contributed by atoms with E-state index in [0.29, 0.717) is 22.9 Å². The summed E-state index contributed by atoms with van der Waals surface area (Å²) in [6, 6.07) is 11.5. The van der Waals surface area contributed by atoms with Crippen molar-refractivity contribution in [3.63, 3.8) is 0 Å². The third-order valence-corrected chi connectivity index (χ3v) is 5.68. The highest BCUT2D eigenvalue weighted by atomic mass is 16.5. The van der Waals surface area contributed by atoms with Crippen LogP contribution in [0.25, 0.3) is 11.3 Å². The Morgan fingerprint density at radius 1 is 1.19 bits per heavy atom. The van der Waals surface area contributed by atoms with Crippen LogP contribution >= 0.6 is 0 Å². The minimum absolute atomic E-state index is 0.151. The average Bonchev–Trinajstić information content (AvgIpc) is 3.19. The number of aromatic nitrogens is 2. The number of H-pyrrole nitrogens is 1. The van der Waals surface area contributed by atoms with Gasteiger partial charge in [0, 0.05) is 17.2 Å². The van der Waals surface area contributed by atoms with E-state index in [1.165, 1.54) is 5.56 Å². The number of aryl methyl sites for hydroxylation is 1. The molecule has 0 saturated carbocycles. The number of carbonyl (C=O) groups excluding carboxylic acids is 1. The molecule has 0 saturated heterocycles. The summed E-state index contributed by atoms with van der Waals surface area (Å²) in [4.78, 5) is 13.0. The molecule has 0 spiro atoms. The number of benzene rings is 2.